The fourth-order valence-electron chi connectivity index (χ4n) is 3.23. The van der Waals surface area contributed by atoms with Crippen molar-refractivity contribution in [2.24, 2.45) is 22.7 Å². The molecule has 2 atom stereocenters. The van der Waals surface area contributed by atoms with Crippen LogP contribution in [0.5, 0.6) is 0 Å². The largest absolute Gasteiger partial charge is 0.480 e. The molecule has 0 spiro atoms. The maximum Gasteiger partial charge on any atom is 0.320 e. The molecule has 140 valence electrons. The first-order chi connectivity index (χ1) is 11.4. The Bertz CT molecular complexity index is 563. The molecular formula is C17H24O8. The molecule has 0 radical (unpaired) electrons. The molecule has 0 aromatic rings. The van der Waals surface area contributed by atoms with Gasteiger partial charge in [0.2, 0.25) is 0 Å². The van der Waals surface area contributed by atoms with E-state index in [1.54, 1.807) is 0 Å². The SMILES string of the molecule is CC(CC1CC=CCCC1CC(C)(C(=O)O)C(=O)O)(C(=O)O)C(=O)O. The van der Waals surface area contributed by atoms with Gasteiger partial charge >= 0.3 is 23.9 Å². The van der Waals surface area contributed by atoms with Crippen LogP contribution >= 0.6 is 0 Å². The highest BCUT2D eigenvalue weighted by Crippen LogP contribution is 2.42. The number of rotatable bonds is 8. The minimum Gasteiger partial charge on any atom is -0.480 e. The maximum absolute atomic E-state index is 11.4. The van der Waals surface area contributed by atoms with E-state index in [0.29, 0.717) is 19.3 Å². The van der Waals surface area contributed by atoms with Crippen molar-refractivity contribution in [3.63, 3.8) is 0 Å². The molecule has 0 aromatic heterocycles. The summed E-state index contributed by atoms with van der Waals surface area (Å²) in [5.74, 6) is -6.71. The van der Waals surface area contributed by atoms with Gasteiger partial charge < -0.3 is 20.4 Å². The van der Waals surface area contributed by atoms with Crippen molar-refractivity contribution in [2.45, 2.75) is 46.0 Å². The van der Waals surface area contributed by atoms with E-state index in [4.69, 9.17) is 0 Å². The van der Waals surface area contributed by atoms with E-state index < -0.39 is 46.5 Å². The van der Waals surface area contributed by atoms with E-state index in [9.17, 15) is 39.6 Å². The number of carboxylic acid groups (broad SMARTS) is 4. The van der Waals surface area contributed by atoms with Crippen molar-refractivity contribution >= 4 is 23.9 Å². The number of aliphatic carboxylic acids is 4. The summed E-state index contributed by atoms with van der Waals surface area (Å²) in [6.07, 6.45) is 4.77. The van der Waals surface area contributed by atoms with Crippen LogP contribution in [-0.4, -0.2) is 44.3 Å². The van der Waals surface area contributed by atoms with Crippen LogP contribution in [0.1, 0.15) is 46.0 Å². The quantitative estimate of drug-likeness (QED) is 0.381. The molecule has 0 aliphatic heterocycles. The van der Waals surface area contributed by atoms with E-state index in [-0.39, 0.29) is 12.8 Å². The van der Waals surface area contributed by atoms with Gasteiger partial charge in [0.15, 0.2) is 10.8 Å². The molecule has 0 saturated heterocycles. The summed E-state index contributed by atoms with van der Waals surface area (Å²) in [5.41, 5.74) is -4.01. The molecule has 1 rings (SSSR count). The van der Waals surface area contributed by atoms with Crippen LogP contribution in [0.3, 0.4) is 0 Å². The third-order valence-electron chi connectivity index (χ3n) is 5.21. The van der Waals surface area contributed by atoms with E-state index in [0.717, 1.165) is 13.8 Å². The molecule has 0 fully saturated rings. The van der Waals surface area contributed by atoms with Crippen LogP contribution < -0.4 is 0 Å². The molecule has 1 aliphatic carbocycles. The van der Waals surface area contributed by atoms with Crippen LogP contribution in [0.2, 0.25) is 0 Å². The third-order valence-corrected chi connectivity index (χ3v) is 5.21. The van der Waals surface area contributed by atoms with Crippen molar-refractivity contribution in [1.82, 2.24) is 0 Å². The molecule has 8 nitrogen and oxygen atoms in total. The standard InChI is InChI=1S/C17H24O8/c1-16(12(18)19,13(20)21)8-10-6-4-3-5-7-11(10)9-17(2,14(22)23)15(24)25/h3-4,10-11H,5-9H2,1-2H3,(H,18,19)(H,20,21)(H,22,23)(H,24,25). The Morgan fingerprint density at radius 3 is 1.60 bits per heavy atom. The Hall–Kier alpha value is -2.38. The van der Waals surface area contributed by atoms with Crippen molar-refractivity contribution < 1.29 is 39.6 Å². The molecule has 0 amide bonds. The minimum atomic E-state index is -2.01. The lowest BCUT2D eigenvalue weighted by Crippen LogP contribution is -2.42. The van der Waals surface area contributed by atoms with Gasteiger partial charge in [0.05, 0.1) is 0 Å². The van der Waals surface area contributed by atoms with E-state index in [2.05, 4.69) is 0 Å². The molecule has 0 aromatic carbocycles. The van der Waals surface area contributed by atoms with E-state index in [1.165, 1.54) is 0 Å². The van der Waals surface area contributed by atoms with Gasteiger partial charge in [-0.05, 0) is 57.8 Å². The highest BCUT2D eigenvalue weighted by Gasteiger charge is 2.48. The topological polar surface area (TPSA) is 149 Å². The van der Waals surface area contributed by atoms with Crippen LogP contribution in [0.4, 0.5) is 0 Å². The number of carboxylic acids is 4. The first-order valence-electron chi connectivity index (χ1n) is 8.03. The Morgan fingerprint density at radius 1 is 0.800 bits per heavy atom. The van der Waals surface area contributed by atoms with Crippen molar-refractivity contribution in [2.75, 3.05) is 0 Å². The monoisotopic (exact) mass is 356 g/mol. The van der Waals surface area contributed by atoms with Gasteiger partial charge in [0, 0.05) is 0 Å². The number of hydrogen-bond donors (Lipinski definition) is 4. The summed E-state index contributed by atoms with van der Waals surface area (Å²) in [6, 6.07) is 0. The summed E-state index contributed by atoms with van der Waals surface area (Å²) in [6.45, 7) is 2.25. The van der Waals surface area contributed by atoms with Gasteiger partial charge in [-0.3, -0.25) is 19.2 Å². The number of allylic oxidation sites excluding steroid dienone is 2. The summed E-state index contributed by atoms with van der Waals surface area (Å²) < 4.78 is 0. The summed E-state index contributed by atoms with van der Waals surface area (Å²) in [5, 5.41) is 37.3. The summed E-state index contributed by atoms with van der Waals surface area (Å²) in [7, 11) is 0. The second-order valence-electron chi connectivity index (χ2n) is 7.10. The highest BCUT2D eigenvalue weighted by molar-refractivity contribution is 5.98. The predicted molar refractivity (Wildman–Crippen MR) is 86.0 cm³/mol. The molecule has 1 aliphatic rings. The second kappa shape index (κ2) is 7.67. The average molecular weight is 356 g/mol. The molecule has 25 heavy (non-hydrogen) atoms. The number of carbonyl (C=O) groups is 4. The van der Waals surface area contributed by atoms with Crippen LogP contribution in [0, 0.1) is 22.7 Å². The minimum absolute atomic E-state index is 0.181. The first-order valence-corrected chi connectivity index (χ1v) is 8.03. The Balaban J connectivity index is 3.15. The van der Waals surface area contributed by atoms with Crippen molar-refractivity contribution in [3.05, 3.63) is 12.2 Å². The molecule has 4 N–H and O–H groups in total. The van der Waals surface area contributed by atoms with Gasteiger partial charge in [0.1, 0.15) is 0 Å². The Labute approximate surface area is 145 Å². The van der Waals surface area contributed by atoms with Crippen LogP contribution in [0.25, 0.3) is 0 Å². The molecule has 8 heteroatoms. The molecule has 0 saturated carbocycles. The van der Waals surface area contributed by atoms with E-state index >= 15 is 0 Å². The lowest BCUT2D eigenvalue weighted by Gasteiger charge is -2.34. The fourth-order valence-corrected chi connectivity index (χ4v) is 3.23. The summed E-state index contributed by atoms with van der Waals surface area (Å²) in [4.78, 5) is 45.8. The van der Waals surface area contributed by atoms with Gasteiger partial charge in [-0.15, -0.1) is 0 Å². The Morgan fingerprint density at radius 2 is 1.20 bits per heavy atom. The van der Waals surface area contributed by atoms with Crippen molar-refractivity contribution in [1.29, 1.82) is 0 Å². The van der Waals surface area contributed by atoms with Gasteiger partial charge in [0.25, 0.3) is 0 Å². The van der Waals surface area contributed by atoms with Gasteiger partial charge in [-0.25, -0.2) is 0 Å². The third kappa shape index (κ3) is 4.37. The zero-order valence-corrected chi connectivity index (χ0v) is 14.3. The fraction of sp³-hybridized carbons (Fsp3) is 0.647. The zero-order chi connectivity index (χ0) is 19.4. The van der Waals surface area contributed by atoms with Gasteiger partial charge in [-0.1, -0.05) is 12.2 Å². The predicted octanol–water partition coefficient (Wildman–Crippen LogP) is 2.09. The van der Waals surface area contributed by atoms with E-state index in [1.807, 2.05) is 12.2 Å². The Kier molecular flexibility index (Phi) is 6.34. The second-order valence-corrected chi connectivity index (χ2v) is 7.10. The highest BCUT2D eigenvalue weighted by atomic mass is 16.4. The van der Waals surface area contributed by atoms with Gasteiger partial charge in [-0.2, -0.15) is 0 Å². The zero-order valence-electron chi connectivity index (χ0n) is 14.3. The van der Waals surface area contributed by atoms with Crippen LogP contribution in [0.15, 0.2) is 12.2 Å². The lowest BCUT2D eigenvalue weighted by molar-refractivity contribution is -0.168. The molecule has 2 unspecified atom stereocenters. The summed E-state index contributed by atoms with van der Waals surface area (Å²) >= 11 is 0. The smallest absolute Gasteiger partial charge is 0.320 e. The molecule has 0 heterocycles. The average Bonchev–Trinajstić information content (AvgIpc) is 2.71. The number of hydrogen-bond acceptors (Lipinski definition) is 4. The maximum atomic E-state index is 11.4. The molecular weight excluding hydrogens is 332 g/mol. The van der Waals surface area contributed by atoms with Crippen molar-refractivity contribution in [3.8, 4) is 0 Å². The normalized spacial score (nSPS) is 21.4. The molecule has 0 bridgehead atoms. The first kappa shape index (κ1) is 20.7. The van der Waals surface area contributed by atoms with Crippen LogP contribution in [-0.2, 0) is 19.2 Å². The lowest BCUT2D eigenvalue weighted by atomic mass is 9.69.